The van der Waals surface area contributed by atoms with E-state index in [1.165, 1.54) is 11.8 Å². The second-order valence-electron chi connectivity index (χ2n) is 7.74. The lowest BCUT2D eigenvalue weighted by Crippen LogP contribution is -2.63. The molecule has 0 aromatic rings. The van der Waals surface area contributed by atoms with Gasteiger partial charge in [0.25, 0.3) is 0 Å². The van der Waals surface area contributed by atoms with Gasteiger partial charge >= 0.3 is 0 Å². The van der Waals surface area contributed by atoms with Gasteiger partial charge in [-0.25, -0.2) is 0 Å². The number of rotatable bonds is 7. The lowest BCUT2D eigenvalue weighted by molar-refractivity contribution is -0.142. The van der Waals surface area contributed by atoms with Crippen LogP contribution in [0.2, 0.25) is 13.1 Å². The molecular formula is C16H31NO3SSi. The Balaban J connectivity index is 2.74. The highest BCUT2D eigenvalue weighted by Crippen LogP contribution is 2.39. The highest BCUT2D eigenvalue weighted by molar-refractivity contribution is 8.14. The molecule has 128 valence electrons. The summed E-state index contributed by atoms with van der Waals surface area (Å²) >= 11 is 1.36. The molecule has 0 bridgehead atoms. The van der Waals surface area contributed by atoms with Crippen molar-refractivity contribution in [3.05, 3.63) is 0 Å². The van der Waals surface area contributed by atoms with Gasteiger partial charge in [0.05, 0.1) is 5.92 Å². The van der Waals surface area contributed by atoms with Crippen LogP contribution in [-0.2, 0) is 14.0 Å². The van der Waals surface area contributed by atoms with Crippen molar-refractivity contribution in [2.75, 3.05) is 6.61 Å². The molecule has 1 fully saturated rings. The van der Waals surface area contributed by atoms with Crippen molar-refractivity contribution in [3.8, 4) is 0 Å². The number of carbonyl (C=O) groups is 2. The van der Waals surface area contributed by atoms with Crippen LogP contribution in [0.15, 0.2) is 0 Å². The summed E-state index contributed by atoms with van der Waals surface area (Å²) in [5.41, 5.74) is -0.0157. The van der Waals surface area contributed by atoms with Crippen LogP contribution in [0, 0.1) is 17.3 Å². The average Bonchev–Trinajstić information content (AvgIpc) is 2.30. The van der Waals surface area contributed by atoms with Crippen molar-refractivity contribution in [1.29, 1.82) is 0 Å². The number of carbonyl (C=O) groups excluding carboxylic acids is 2. The van der Waals surface area contributed by atoms with Gasteiger partial charge in [0.15, 0.2) is 14.2 Å². The Morgan fingerprint density at radius 2 is 1.95 bits per heavy atom. The molecule has 1 N–H and O–H groups in total. The number of hydrogen-bond acceptors (Lipinski definition) is 4. The Kier molecular flexibility index (Phi) is 7.14. The fourth-order valence-corrected chi connectivity index (χ4v) is 4.17. The molecule has 1 aliphatic rings. The third kappa shape index (κ3) is 5.70. The summed E-state index contributed by atoms with van der Waals surface area (Å²) < 4.78 is 5.92. The minimum absolute atomic E-state index is 0.0157. The Hall–Kier alpha value is -0.333. The van der Waals surface area contributed by atoms with Gasteiger partial charge in [-0.15, -0.1) is 0 Å². The zero-order chi connectivity index (χ0) is 17.1. The van der Waals surface area contributed by atoms with Gasteiger partial charge in [0.2, 0.25) is 5.91 Å². The molecule has 0 saturated carbocycles. The van der Waals surface area contributed by atoms with Crippen LogP contribution in [0.25, 0.3) is 0 Å². The van der Waals surface area contributed by atoms with E-state index in [4.69, 9.17) is 4.43 Å². The molecule has 22 heavy (non-hydrogen) atoms. The van der Waals surface area contributed by atoms with Crippen molar-refractivity contribution in [1.82, 2.24) is 5.32 Å². The first-order valence-electron chi connectivity index (χ1n) is 8.13. The molecule has 3 atom stereocenters. The number of thioether (sulfide) groups is 1. The molecule has 0 aromatic heterocycles. The van der Waals surface area contributed by atoms with E-state index < -0.39 is 9.04 Å². The maximum Gasteiger partial charge on any atom is 0.225 e. The summed E-state index contributed by atoms with van der Waals surface area (Å²) in [5.74, 6) is 0.115. The first-order valence-corrected chi connectivity index (χ1v) is 11.8. The normalized spacial score (nSPS) is 23.4. The van der Waals surface area contributed by atoms with E-state index in [2.05, 4.69) is 39.2 Å². The van der Waals surface area contributed by atoms with Crippen LogP contribution < -0.4 is 5.32 Å². The van der Waals surface area contributed by atoms with Crippen molar-refractivity contribution in [2.24, 2.45) is 17.3 Å². The Morgan fingerprint density at radius 1 is 1.36 bits per heavy atom. The summed E-state index contributed by atoms with van der Waals surface area (Å²) in [6.07, 6.45) is 0.422. The molecule has 0 aliphatic carbocycles. The van der Waals surface area contributed by atoms with Gasteiger partial charge in [-0.3, -0.25) is 9.59 Å². The molecule has 0 radical (unpaired) electrons. The summed E-state index contributed by atoms with van der Waals surface area (Å²) in [5, 5.41) is 3.37. The number of hydrogen-bond donors (Lipinski definition) is 1. The van der Waals surface area contributed by atoms with E-state index in [-0.39, 0.29) is 39.6 Å². The van der Waals surface area contributed by atoms with E-state index in [9.17, 15) is 9.59 Å². The van der Waals surface area contributed by atoms with E-state index >= 15 is 0 Å². The number of nitrogens with one attached hydrogen (secondary N) is 1. The van der Waals surface area contributed by atoms with Gasteiger partial charge in [0, 0.05) is 24.3 Å². The lowest BCUT2D eigenvalue weighted by atomic mass is 9.67. The van der Waals surface area contributed by atoms with Crippen molar-refractivity contribution in [2.45, 2.75) is 65.4 Å². The van der Waals surface area contributed by atoms with Gasteiger partial charge in [-0.2, -0.15) is 0 Å². The lowest BCUT2D eigenvalue weighted by Gasteiger charge is -2.46. The van der Waals surface area contributed by atoms with E-state index in [0.29, 0.717) is 13.0 Å². The van der Waals surface area contributed by atoms with Crippen LogP contribution in [0.5, 0.6) is 0 Å². The van der Waals surface area contributed by atoms with Crippen LogP contribution in [0.1, 0.15) is 41.0 Å². The maximum atomic E-state index is 12.1. The molecule has 0 spiro atoms. The highest BCUT2D eigenvalue weighted by Gasteiger charge is 2.48. The Labute approximate surface area is 140 Å². The second kappa shape index (κ2) is 7.97. The van der Waals surface area contributed by atoms with Crippen molar-refractivity contribution < 1.29 is 14.0 Å². The Bertz CT molecular complexity index is 407. The third-order valence-electron chi connectivity index (χ3n) is 3.97. The minimum Gasteiger partial charge on any atom is -0.420 e. The summed E-state index contributed by atoms with van der Waals surface area (Å²) in [4.78, 5) is 24.1. The molecule has 0 unspecified atom stereocenters. The quantitative estimate of drug-likeness (QED) is 0.569. The standard InChI is InChI=1S/C16H31NO3SSi/c1-10(2)21-13(18)8-12-14(15(19)17-12)11(16(3,4)5)9-20-22(6)7/h10-12,14,22H,8-9H2,1-7H3,(H,17,19)/t11-,12-,14+/m1/s1. The monoisotopic (exact) mass is 345 g/mol. The largest absolute Gasteiger partial charge is 0.420 e. The molecular weight excluding hydrogens is 314 g/mol. The average molecular weight is 346 g/mol. The molecule has 1 aliphatic heterocycles. The summed E-state index contributed by atoms with van der Waals surface area (Å²) in [6.45, 7) is 15.4. The van der Waals surface area contributed by atoms with Crippen molar-refractivity contribution >= 4 is 31.8 Å². The topological polar surface area (TPSA) is 55.4 Å². The van der Waals surface area contributed by atoms with Crippen LogP contribution in [-0.4, -0.2) is 38.0 Å². The zero-order valence-corrected chi connectivity index (χ0v) is 16.9. The molecule has 4 nitrogen and oxygen atoms in total. The van der Waals surface area contributed by atoms with Crippen LogP contribution >= 0.6 is 11.8 Å². The SMILES string of the molecule is CC(C)SC(=O)C[C@H]1NC(=O)[C@H]1[C@@H](CO[SiH](C)C)C(C)(C)C. The predicted octanol–water partition coefficient (Wildman–Crippen LogP) is 2.82. The highest BCUT2D eigenvalue weighted by atomic mass is 32.2. The van der Waals surface area contributed by atoms with E-state index in [0.717, 1.165) is 0 Å². The van der Waals surface area contributed by atoms with Gasteiger partial charge in [-0.05, 0) is 24.4 Å². The Morgan fingerprint density at radius 3 is 2.36 bits per heavy atom. The first-order chi connectivity index (χ1) is 10.0. The van der Waals surface area contributed by atoms with E-state index in [1.54, 1.807) is 0 Å². The zero-order valence-electron chi connectivity index (χ0n) is 14.9. The third-order valence-corrected chi connectivity index (χ3v) is 5.73. The fraction of sp³-hybridized carbons (Fsp3) is 0.875. The number of amides is 1. The molecule has 1 saturated heterocycles. The molecule has 1 heterocycles. The number of β-lactam (4-membered cyclic amide) rings is 1. The van der Waals surface area contributed by atoms with E-state index in [1.807, 2.05) is 13.8 Å². The molecule has 0 aromatic carbocycles. The smallest absolute Gasteiger partial charge is 0.225 e. The van der Waals surface area contributed by atoms with Crippen molar-refractivity contribution in [3.63, 3.8) is 0 Å². The van der Waals surface area contributed by atoms with Gasteiger partial charge in [-0.1, -0.05) is 46.4 Å². The van der Waals surface area contributed by atoms with Gasteiger partial charge < -0.3 is 9.74 Å². The second-order valence-corrected chi connectivity index (χ2v) is 11.8. The van der Waals surface area contributed by atoms with Crippen LogP contribution in [0.4, 0.5) is 0 Å². The molecule has 1 amide bonds. The van der Waals surface area contributed by atoms with Gasteiger partial charge in [0.1, 0.15) is 0 Å². The summed E-state index contributed by atoms with van der Waals surface area (Å²) in [6, 6.07) is -0.0343. The fourth-order valence-electron chi connectivity index (χ4n) is 2.78. The minimum atomic E-state index is -1.12. The maximum absolute atomic E-state index is 12.1. The summed E-state index contributed by atoms with van der Waals surface area (Å²) in [7, 11) is -1.12. The predicted molar refractivity (Wildman–Crippen MR) is 95.5 cm³/mol. The molecule has 6 heteroatoms. The first kappa shape index (κ1) is 19.7. The van der Waals surface area contributed by atoms with Crippen LogP contribution in [0.3, 0.4) is 0 Å². The molecule has 1 rings (SSSR count).